The Morgan fingerprint density at radius 3 is 0.207 bits per heavy atom. The normalized spacial score (nSPS) is 10.3. The molecule has 0 aliphatic rings. The third-order valence-corrected chi connectivity index (χ3v) is 0. The quantitative estimate of drug-likeness (QED) is 0.253. The van der Waals surface area contributed by atoms with Crippen LogP contribution < -0.4 is 0 Å². The average molecular weight is 534 g/mol. The second-order valence-corrected chi connectivity index (χ2v) is 2.47. The van der Waals surface area contributed by atoms with Crippen LogP contribution in [0, 0.1) is 0 Å². The van der Waals surface area contributed by atoms with Gasteiger partial charge < -0.3 is 86.3 Å². The molecule has 0 N–H and O–H groups in total. The summed E-state index contributed by atoms with van der Waals surface area (Å²) in [7, 11) is -30.0. The first-order valence-electron chi connectivity index (χ1n) is 4.36. The Morgan fingerprint density at radius 2 is 0.207 bits per heavy atom. The van der Waals surface area contributed by atoms with E-state index in [4.69, 9.17) is 0 Å². The molecule has 0 saturated heterocycles. The van der Waals surface area contributed by atoms with E-state index in [1.54, 1.807) is 0 Å². The molecule has 0 aromatic rings. The topological polar surface area (TPSA) is 0 Å². The summed E-state index contributed by atoms with van der Waals surface area (Å²) >= 11 is 0. The molecule has 0 radical (unpaired) electrons. The molecule has 29 heteroatoms. The van der Waals surface area contributed by atoms with Crippen LogP contribution in [0.3, 0.4) is 0 Å². The van der Waals surface area contributed by atoms with Crippen molar-refractivity contribution in [3.05, 3.63) is 0 Å². The molecule has 0 atom stereocenters. The Kier molecular flexibility index (Phi) is 45.2. The molecule has 0 unspecified atom stereocenters. The maximum atomic E-state index is 9.75. The molecule has 29 heavy (non-hydrogen) atoms. The van der Waals surface area contributed by atoms with Crippen LogP contribution in [0.15, 0.2) is 0 Å². The first-order chi connectivity index (χ1) is 10.0. The molecule has 0 aliphatic carbocycles. The molecule has 0 aliphatic heterocycles. The molecule has 0 nitrogen and oxygen atoms in total. The van der Waals surface area contributed by atoms with E-state index in [0.29, 0.717) is 0 Å². The van der Waals surface area contributed by atoms with Gasteiger partial charge in [-0.15, -0.1) is 0 Å². The second kappa shape index (κ2) is 23.0. The number of hydrogen-bond acceptors (Lipinski definition) is 0. The minimum atomic E-state index is -6.00. The van der Waals surface area contributed by atoms with Crippen LogP contribution in [0.2, 0.25) is 0 Å². The molecule has 0 fully saturated rings. The third kappa shape index (κ3) is 160000. The van der Waals surface area contributed by atoms with Crippen molar-refractivity contribution in [2.24, 2.45) is 0 Å². The summed E-state index contributed by atoms with van der Waals surface area (Å²) in [5, 5.41) is 0. The summed E-state index contributed by atoms with van der Waals surface area (Å²) in [4.78, 5) is 0. The fourth-order valence-electron chi connectivity index (χ4n) is 0. The standard InChI is InChI=1S/5BF4.3FH.K.H/c5*2-1(3,4)5;;;;;/h;;;;;3*1H;;/q5*-1;;;;;. The predicted molar refractivity (Wildman–Crippen MR) is 65.6 cm³/mol. The first kappa shape index (κ1) is 57.0. The first-order valence-corrected chi connectivity index (χ1v) is 4.36. The third-order valence-electron chi connectivity index (χ3n) is 0. The maximum absolute atomic E-state index is 9.75. The van der Waals surface area contributed by atoms with Crippen LogP contribution >= 0.6 is 0 Å². The molecule has 0 amide bonds. The minimum absolute atomic E-state index is 0. The van der Waals surface area contributed by atoms with Crippen molar-refractivity contribution in [1.29, 1.82) is 0 Å². The Morgan fingerprint density at radius 1 is 0.207 bits per heavy atom. The second-order valence-electron chi connectivity index (χ2n) is 2.47. The van der Waals surface area contributed by atoms with Gasteiger partial charge in [-0.25, -0.2) is 0 Å². The SMILES string of the molecule is F.F.F.F[B-](F)(F)F.F[B-](F)(F)F.F[B-](F)(F)F.F[B-](F)(F)F.F[B-](F)(F)F.[KH]. The van der Waals surface area contributed by atoms with Crippen molar-refractivity contribution in [2.75, 3.05) is 0 Å². The number of hydrogen-bond donors (Lipinski definition) is 0. The zero-order valence-electron chi connectivity index (χ0n) is 11.7. The average Bonchev–Trinajstić information content (AvgIpc) is 1.79. The summed E-state index contributed by atoms with van der Waals surface area (Å²) in [5.41, 5.74) is 0. The fourth-order valence-corrected chi connectivity index (χ4v) is 0. The van der Waals surface area contributed by atoms with Gasteiger partial charge in [0.1, 0.15) is 0 Å². The van der Waals surface area contributed by atoms with Crippen LogP contribution in [0.25, 0.3) is 0 Å². The monoisotopic (exact) mass is 535 g/mol. The van der Waals surface area contributed by atoms with Crippen molar-refractivity contribution in [3.8, 4) is 0 Å². The Hall–Kier alpha value is 0.351. The van der Waals surface area contributed by atoms with Gasteiger partial charge in [0.15, 0.2) is 0 Å². The summed E-state index contributed by atoms with van der Waals surface area (Å²) < 4.78 is 195. The van der Waals surface area contributed by atoms with E-state index in [2.05, 4.69) is 0 Å². The molecule has 186 valence electrons. The number of halogens is 23. The predicted octanol–water partition coefficient (Wildman–Crippen LogP) is 6.31. The molecule has 0 aromatic heterocycles. The van der Waals surface area contributed by atoms with Gasteiger partial charge in [0.25, 0.3) is 0 Å². The Balaban J connectivity index is -0.0000000238. The van der Waals surface area contributed by atoms with Gasteiger partial charge >= 0.3 is 87.7 Å². The zero-order chi connectivity index (χ0) is 22.5. The van der Waals surface area contributed by atoms with Gasteiger partial charge in [0.2, 0.25) is 0 Å². The van der Waals surface area contributed by atoms with Crippen molar-refractivity contribution in [3.63, 3.8) is 0 Å². The summed E-state index contributed by atoms with van der Waals surface area (Å²) in [6.07, 6.45) is 0. The molecular weight excluding hydrogens is 530 g/mol. The molecule has 0 spiro atoms. The van der Waals surface area contributed by atoms with Crippen LogP contribution in [0.5, 0.6) is 0 Å². The molecule has 0 saturated carbocycles. The van der Waals surface area contributed by atoms with Gasteiger partial charge in [-0.2, -0.15) is 0 Å². The molecule has 0 rings (SSSR count). The van der Waals surface area contributed by atoms with E-state index in [9.17, 15) is 86.3 Å². The van der Waals surface area contributed by atoms with Gasteiger partial charge in [0, 0.05) is 0 Å². The van der Waals surface area contributed by atoms with Crippen LogP contribution in [0.1, 0.15) is 0 Å². The van der Waals surface area contributed by atoms with Gasteiger partial charge in [0.05, 0.1) is 0 Å². The van der Waals surface area contributed by atoms with E-state index >= 15 is 0 Å². The molecule has 0 aromatic carbocycles. The number of rotatable bonds is 0. The van der Waals surface area contributed by atoms with E-state index in [0.717, 1.165) is 0 Å². The van der Waals surface area contributed by atoms with Crippen molar-refractivity contribution >= 4 is 87.7 Å². The zero-order valence-corrected chi connectivity index (χ0v) is 11.7. The Labute approximate surface area is 187 Å². The molecule has 0 bridgehead atoms. The van der Waals surface area contributed by atoms with E-state index in [1.165, 1.54) is 0 Å². The van der Waals surface area contributed by atoms with Crippen LogP contribution in [-0.2, 0) is 0 Å². The molecular formula is H4B5F23K-5. The fraction of sp³-hybridized carbons (Fsp3) is 0. The van der Waals surface area contributed by atoms with Crippen LogP contribution in [-0.4, -0.2) is 87.7 Å². The summed E-state index contributed by atoms with van der Waals surface area (Å²) in [6, 6.07) is 0. The molecule has 0 heterocycles. The van der Waals surface area contributed by atoms with Crippen molar-refractivity contribution in [2.45, 2.75) is 0 Å². The van der Waals surface area contributed by atoms with Crippen molar-refractivity contribution in [1.82, 2.24) is 0 Å². The van der Waals surface area contributed by atoms with E-state index in [-0.39, 0.29) is 65.5 Å². The summed E-state index contributed by atoms with van der Waals surface area (Å²) in [6.45, 7) is 0. The van der Waals surface area contributed by atoms with Gasteiger partial charge in [-0.3, -0.25) is 14.1 Å². The van der Waals surface area contributed by atoms with E-state index < -0.39 is 36.3 Å². The van der Waals surface area contributed by atoms with Crippen LogP contribution in [0.4, 0.5) is 100 Å². The van der Waals surface area contributed by atoms with Crippen molar-refractivity contribution < 1.29 is 100 Å². The van der Waals surface area contributed by atoms with Gasteiger partial charge in [-0.1, -0.05) is 0 Å². The van der Waals surface area contributed by atoms with Gasteiger partial charge in [-0.05, 0) is 0 Å². The van der Waals surface area contributed by atoms with E-state index in [1.807, 2.05) is 0 Å². The summed E-state index contributed by atoms with van der Waals surface area (Å²) in [5.74, 6) is 0. The Bertz CT molecular complexity index is 172.